The van der Waals surface area contributed by atoms with Crippen molar-refractivity contribution in [2.45, 2.75) is 26.3 Å². The molecule has 2 amide bonds. The van der Waals surface area contributed by atoms with Crippen LogP contribution in [-0.4, -0.2) is 21.0 Å². The molecule has 1 saturated heterocycles. The topological polar surface area (TPSA) is 80.5 Å². The molecule has 0 saturated carbocycles. The number of rotatable bonds is 5. The highest BCUT2D eigenvalue weighted by Gasteiger charge is 2.36. The number of nitro groups is 1. The van der Waals surface area contributed by atoms with Gasteiger partial charge in [0.15, 0.2) is 0 Å². The number of carbonyl (C=O) groups excluding carboxylic acids is 2. The molecule has 1 aliphatic rings. The van der Waals surface area contributed by atoms with Crippen LogP contribution in [0.4, 0.5) is 10.5 Å². The summed E-state index contributed by atoms with van der Waals surface area (Å²) in [6.45, 7) is 4.08. The van der Waals surface area contributed by atoms with E-state index in [0.29, 0.717) is 16.4 Å². The first kappa shape index (κ1) is 18.8. The third kappa shape index (κ3) is 4.09. The third-order valence-electron chi connectivity index (χ3n) is 4.29. The van der Waals surface area contributed by atoms with Crippen LogP contribution in [0.1, 0.15) is 36.5 Å². The predicted octanol–water partition coefficient (Wildman–Crippen LogP) is 4.95. The first-order valence-electron chi connectivity index (χ1n) is 8.44. The molecule has 0 atom stereocenters. The molecule has 3 rings (SSSR count). The summed E-state index contributed by atoms with van der Waals surface area (Å²) >= 11 is 0.849. The van der Waals surface area contributed by atoms with Gasteiger partial charge in [-0.1, -0.05) is 56.3 Å². The molecule has 0 aromatic heterocycles. The van der Waals surface area contributed by atoms with Crippen molar-refractivity contribution in [3.05, 3.63) is 80.2 Å². The average Bonchev–Trinajstić information content (AvgIpc) is 2.90. The first-order chi connectivity index (χ1) is 12.9. The second kappa shape index (κ2) is 7.75. The molecule has 1 aliphatic heterocycles. The van der Waals surface area contributed by atoms with Crippen molar-refractivity contribution in [3.63, 3.8) is 0 Å². The molecule has 2 aromatic carbocycles. The molecule has 0 unspecified atom stereocenters. The Labute approximate surface area is 161 Å². The summed E-state index contributed by atoms with van der Waals surface area (Å²) < 4.78 is 0. The van der Waals surface area contributed by atoms with Crippen molar-refractivity contribution in [1.29, 1.82) is 0 Å². The van der Waals surface area contributed by atoms with Gasteiger partial charge < -0.3 is 0 Å². The fourth-order valence-electron chi connectivity index (χ4n) is 2.76. The highest BCUT2D eigenvalue weighted by Crippen LogP contribution is 2.34. The van der Waals surface area contributed by atoms with E-state index < -0.39 is 16.1 Å². The van der Waals surface area contributed by atoms with Crippen LogP contribution in [-0.2, 0) is 11.3 Å². The molecule has 1 fully saturated rings. The van der Waals surface area contributed by atoms with Gasteiger partial charge in [-0.15, -0.1) is 0 Å². The summed E-state index contributed by atoms with van der Waals surface area (Å²) in [5.41, 5.74) is 2.24. The van der Waals surface area contributed by atoms with Crippen LogP contribution in [0, 0.1) is 10.1 Å². The van der Waals surface area contributed by atoms with Gasteiger partial charge in [0, 0.05) is 11.6 Å². The summed E-state index contributed by atoms with van der Waals surface area (Å²) in [4.78, 5) is 36.9. The second-order valence-electron chi connectivity index (χ2n) is 6.48. The Balaban J connectivity index is 1.82. The number of thioether (sulfide) groups is 1. The smallest absolute Gasteiger partial charge is 0.268 e. The van der Waals surface area contributed by atoms with Gasteiger partial charge in [0.05, 0.1) is 16.4 Å². The summed E-state index contributed by atoms with van der Waals surface area (Å²) in [5.74, 6) is -0.0241. The Hall–Kier alpha value is -2.93. The minimum atomic E-state index is -0.513. The van der Waals surface area contributed by atoms with E-state index >= 15 is 0 Å². The van der Waals surface area contributed by atoms with Crippen molar-refractivity contribution in [2.24, 2.45) is 0 Å². The Morgan fingerprint density at radius 1 is 1.11 bits per heavy atom. The molecule has 6 nitrogen and oxygen atoms in total. The third-order valence-corrected chi connectivity index (χ3v) is 5.20. The van der Waals surface area contributed by atoms with Gasteiger partial charge in [-0.05, 0) is 34.9 Å². The Morgan fingerprint density at radius 2 is 1.78 bits per heavy atom. The van der Waals surface area contributed by atoms with Crippen molar-refractivity contribution < 1.29 is 14.5 Å². The number of hydrogen-bond acceptors (Lipinski definition) is 5. The van der Waals surface area contributed by atoms with Gasteiger partial charge in [-0.3, -0.25) is 24.6 Å². The lowest BCUT2D eigenvalue weighted by Crippen LogP contribution is -2.27. The standard InChI is InChI=1S/C20H18N2O4S/c1-13(2)15-9-7-14(8-10-15)11-18-19(23)21(20(24)27-18)12-16-5-3-4-6-17(16)22(25)26/h3-11,13H,12H2,1-2H3/b18-11-. The van der Waals surface area contributed by atoms with Crippen molar-refractivity contribution in [1.82, 2.24) is 4.90 Å². The molecule has 0 radical (unpaired) electrons. The SMILES string of the molecule is CC(C)c1ccc(/C=C2\SC(=O)N(Cc3ccccc3[N+](=O)[O-])C2=O)cc1. The quantitative estimate of drug-likeness (QED) is 0.415. The monoisotopic (exact) mass is 382 g/mol. The van der Waals surface area contributed by atoms with Gasteiger partial charge in [-0.2, -0.15) is 0 Å². The zero-order chi connectivity index (χ0) is 19.6. The second-order valence-corrected chi connectivity index (χ2v) is 7.47. The van der Waals surface area contributed by atoms with Crippen LogP contribution in [0.5, 0.6) is 0 Å². The number of benzene rings is 2. The normalized spacial score (nSPS) is 15.8. The van der Waals surface area contributed by atoms with Gasteiger partial charge in [0.25, 0.3) is 16.8 Å². The van der Waals surface area contributed by atoms with Crippen LogP contribution in [0.2, 0.25) is 0 Å². The molecule has 2 aromatic rings. The van der Waals surface area contributed by atoms with Crippen LogP contribution in [0.25, 0.3) is 6.08 Å². The zero-order valence-electron chi connectivity index (χ0n) is 14.9. The lowest BCUT2D eigenvalue weighted by atomic mass is 10.0. The number of hydrogen-bond donors (Lipinski definition) is 0. The molecular weight excluding hydrogens is 364 g/mol. The molecule has 0 bridgehead atoms. The lowest BCUT2D eigenvalue weighted by molar-refractivity contribution is -0.385. The number of para-hydroxylation sites is 1. The van der Waals surface area contributed by atoms with Gasteiger partial charge in [-0.25, -0.2) is 0 Å². The minimum Gasteiger partial charge on any atom is -0.268 e. The van der Waals surface area contributed by atoms with E-state index in [2.05, 4.69) is 13.8 Å². The molecule has 7 heteroatoms. The number of imide groups is 1. The van der Waals surface area contributed by atoms with E-state index in [4.69, 9.17) is 0 Å². The Morgan fingerprint density at radius 3 is 2.41 bits per heavy atom. The highest BCUT2D eigenvalue weighted by molar-refractivity contribution is 8.18. The molecular formula is C20H18N2O4S. The number of amides is 2. The van der Waals surface area contributed by atoms with Crippen molar-refractivity contribution >= 4 is 34.7 Å². The minimum absolute atomic E-state index is 0.107. The maximum atomic E-state index is 12.6. The Bertz CT molecular complexity index is 935. The van der Waals surface area contributed by atoms with E-state index in [9.17, 15) is 19.7 Å². The highest BCUT2D eigenvalue weighted by atomic mass is 32.2. The first-order valence-corrected chi connectivity index (χ1v) is 9.26. The maximum Gasteiger partial charge on any atom is 0.293 e. The van der Waals surface area contributed by atoms with E-state index in [1.165, 1.54) is 11.6 Å². The zero-order valence-corrected chi connectivity index (χ0v) is 15.7. The van der Waals surface area contributed by atoms with Crippen LogP contribution < -0.4 is 0 Å². The van der Waals surface area contributed by atoms with E-state index in [-0.39, 0.29) is 12.2 Å². The predicted molar refractivity (Wildman–Crippen MR) is 105 cm³/mol. The van der Waals surface area contributed by atoms with Crippen LogP contribution in [0.15, 0.2) is 53.4 Å². The van der Waals surface area contributed by atoms with E-state index in [0.717, 1.165) is 22.2 Å². The summed E-state index contributed by atoms with van der Waals surface area (Å²) in [5, 5.41) is 10.7. The molecule has 0 aliphatic carbocycles. The van der Waals surface area contributed by atoms with Gasteiger partial charge in [0.1, 0.15) is 0 Å². The van der Waals surface area contributed by atoms with E-state index in [1.54, 1.807) is 24.3 Å². The number of nitrogens with zero attached hydrogens (tertiary/aromatic N) is 2. The molecule has 138 valence electrons. The van der Waals surface area contributed by atoms with Crippen molar-refractivity contribution in [3.8, 4) is 0 Å². The fourth-order valence-corrected chi connectivity index (χ4v) is 3.60. The fraction of sp³-hybridized carbons (Fsp3) is 0.200. The lowest BCUT2D eigenvalue weighted by Gasteiger charge is -2.12. The number of carbonyl (C=O) groups is 2. The Kier molecular flexibility index (Phi) is 5.41. The summed E-state index contributed by atoms with van der Waals surface area (Å²) in [6.07, 6.45) is 1.68. The summed E-state index contributed by atoms with van der Waals surface area (Å²) in [6, 6.07) is 13.9. The van der Waals surface area contributed by atoms with Crippen LogP contribution >= 0.6 is 11.8 Å². The van der Waals surface area contributed by atoms with Gasteiger partial charge in [0.2, 0.25) is 0 Å². The molecule has 0 spiro atoms. The molecule has 1 heterocycles. The average molecular weight is 382 g/mol. The van der Waals surface area contributed by atoms with Gasteiger partial charge >= 0.3 is 0 Å². The largest absolute Gasteiger partial charge is 0.293 e. The molecule has 0 N–H and O–H groups in total. The summed E-state index contributed by atoms with van der Waals surface area (Å²) in [7, 11) is 0. The molecule has 27 heavy (non-hydrogen) atoms. The van der Waals surface area contributed by atoms with Crippen LogP contribution in [0.3, 0.4) is 0 Å². The van der Waals surface area contributed by atoms with E-state index in [1.807, 2.05) is 24.3 Å². The maximum absolute atomic E-state index is 12.6. The number of nitro benzene ring substituents is 1. The van der Waals surface area contributed by atoms with Crippen molar-refractivity contribution in [2.75, 3.05) is 0 Å².